The molecule has 1 aliphatic rings. The van der Waals surface area contributed by atoms with Crippen molar-refractivity contribution in [2.24, 2.45) is 5.92 Å². The Morgan fingerprint density at radius 2 is 2.47 bits per heavy atom. The highest BCUT2D eigenvalue weighted by Crippen LogP contribution is 2.30. The van der Waals surface area contributed by atoms with Crippen LogP contribution in [0.15, 0.2) is 16.7 Å². The fraction of sp³-hybridized carbons (Fsp3) is 0.333. The summed E-state index contributed by atoms with van der Waals surface area (Å²) in [4.78, 5) is 17.5. The van der Waals surface area contributed by atoms with Crippen LogP contribution in [0.25, 0.3) is 0 Å². The third-order valence-electron chi connectivity index (χ3n) is 2.66. The van der Waals surface area contributed by atoms with Crippen molar-refractivity contribution in [2.75, 3.05) is 18.6 Å². The molecule has 0 bridgehead atoms. The highest BCUT2D eigenvalue weighted by Gasteiger charge is 2.29. The number of carbonyl (C=O) groups is 1. The van der Waals surface area contributed by atoms with E-state index >= 15 is 0 Å². The summed E-state index contributed by atoms with van der Waals surface area (Å²) in [6.07, 6.45) is 7.35. The lowest BCUT2D eigenvalue weighted by atomic mass is 10.1. The molecule has 0 spiro atoms. The van der Waals surface area contributed by atoms with Crippen LogP contribution in [0.5, 0.6) is 5.88 Å². The second-order valence-electron chi connectivity index (χ2n) is 3.76. The summed E-state index contributed by atoms with van der Waals surface area (Å²) in [6, 6.07) is 1.81. The summed E-state index contributed by atoms with van der Waals surface area (Å²) in [7, 11) is 1.54. The zero-order valence-electron chi connectivity index (χ0n) is 9.31. The average molecular weight is 295 g/mol. The summed E-state index contributed by atoms with van der Waals surface area (Å²) in [5, 5.41) is 0. The van der Waals surface area contributed by atoms with Gasteiger partial charge >= 0.3 is 0 Å². The zero-order valence-corrected chi connectivity index (χ0v) is 10.9. The Balaban J connectivity index is 2.27. The normalized spacial score (nSPS) is 19.2. The van der Waals surface area contributed by atoms with Crippen molar-refractivity contribution in [3.63, 3.8) is 0 Å². The molecule has 1 aliphatic heterocycles. The first kappa shape index (κ1) is 11.9. The molecule has 1 saturated heterocycles. The molecule has 0 aliphatic carbocycles. The quantitative estimate of drug-likeness (QED) is 0.782. The summed E-state index contributed by atoms with van der Waals surface area (Å²) >= 11 is 3.34. The van der Waals surface area contributed by atoms with Gasteiger partial charge in [-0.25, -0.2) is 4.98 Å². The van der Waals surface area contributed by atoms with E-state index in [1.54, 1.807) is 18.2 Å². The molecule has 0 N–H and O–H groups in total. The van der Waals surface area contributed by atoms with Crippen LogP contribution >= 0.6 is 15.9 Å². The minimum absolute atomic E-state index is 0.0108. The molecule has 1 aromatic heterocycles. The monoisotopic (exact) mass is 294 g/mol. The lowest BCUT2D eigenvalue weighted by Gasteiger charge is -2.16. The third kappa shape index (κ3) is 2.27. The number of rotatable bonds is 2. The molecule has 17 heavy (non-hydrogen) atoms. The van der Waals surface area contributed by atoms with Crippen molar-refractivity contribution in [1.82, 2.24) is 4.98 Å². The summed E-state index contributed by atoms with van der Waals surface area (Å²) in [6.45, 7) is 0.551. The molecule has 1 fully saturated rings. The van der Waals surface area contributed by atoms with Crippen LogP contribution in [-0.2, 0) is 4.79 Å². The Bertz CT molecular complexity index is 496. The lowest BCUT2D eigenvalue weighted by molar-refractivity contribution is -0.117. The molecular weight excluding hydrogens is 284 g/mol. The van der Waals surface area contributed by atoms with E-state index in [2.05, 4.69) is 26.8 Å². The number of terminal acetylenes is 1. The van der Waals surface area contributed by atoms with Crippen LogP contribution in [0.2, 0.25) is 0 Å². The number of nitrogens with zero attached hydrogens (tertiary/aromatic N) is 2. The fourth-order valence-corrected chi connectivity index (χ4v) is 2.28. The van der Waals surface area contributed by atoms with E-state index in [0.29, 0.717) is 18.8 Å². The third-order valence-corrected chi connectivity index (χ3v) is 3.23. The van der Waals surface area contributed by atoms with Gasteiger partial charge < -0.3 is 9.64 Å². The van der Waals surface area contributed by atoms with Crippen molar-refractivity contribution < 1.29 is 9.53 Å². The topological polar surface area (TPSA) is 42.4 Å². The number of anilines is 1. The summed E-state index contributed by atoms with van der Waals surface area (Å²) in [5.74, 6) is 3.13. The largest absolute Gasteiger partial charge is 0.480 e. The number of pyridine rings is 1. The second kappa shape index (κ2) is 4.76. The van der Waals surface area contributed by atoms with Gasteiger partial charge in [0.1, 0.15) is 0 Å². The standard InChI is InChI=1S/C12H11BrN2O2/c1-3-8-4-11(16)15(7-8)9-5-10(13)12(17-2)14-6-9/h1,5-6,8H,4,7H2,2H3. The smallest absolute Gasteiger partial charge is 0.228 e. The van der Waals surface area contributed by atoms with Crippen molar-refractivity contribution in [2.45, 2.75) is 6.42 Å². The first-order valence-corrected chi connectivity index (χ1v) is 5.91. The average Bonchev–Trinajstić information content (AvgIpc) is 2.70. The Morgan fingerprint density at radius 3 is 3.00 bits per heavy atom. The van der Waals surface area contributed by atoms with Gasteiger partial charge in [0, 0.05) is 18.9 Å². The molecule has 1 amide bonds. The number of ether oxygens (including phenoxy) is 1. The number of halogens is 1. The van der Waals surface area contributed by atoms with Gasteiger partial charge in [-0.15, -0.1) is 12.3 Å². The van der Waals surface area contributed by atoms with E-state index in [1.165, 1.54) is 0 Å². The van der Waals surface area contributed by atoms with Gasteiger partial charge in [-0.1, -0.05) is 0 Å². The Morgan fingerprint density at radius 1 is 1.71 bits per heavy atom. The van der Waals surface area contributed by atoms with E-state index in [9.17, 15) is 4.79 Å². The van der Waals surface area contributed by atoms with E-state index in [0.717, 1.165) is 10.2 Å². The van der Waals surface area contributed by atoms with Crippen molar-refractivity contribution in [3.05, 3.63) is 16.7 Å². The Hall–Kier alpha value is -1.54. The van der Waals surface area contributed by atoms with Crippen LogP contribution in [0.3, 0.4) is 0 Å². The number of amides is 1. The maximum Gasteiger partial charge on any atom is 0.228 e. The van der Waals surface area contributed by atoms with Gasteiger partial charge in [-0.2, -0.15) is 0 Å². The molecule has 0 aromatic carbocycles. The fourth-order valence-electron chi connectivity index (χ4n) is 1.78. The predicted molar refractivity (Wildman–Crippen MR) is 67.8 cm³/mol. The van der Waals surface area contributed by atoms with E-state index < -0.39 is 0 Å². The molecule has 0 saturated carbocycles. The zero-order chi connectivity index (χ0) is 12.4. The molecule has 1 aromatic rings. The van der Waals surface area contributed by atoms with Gasteiger partial charge in [-0.3, -0.25) is 4.79 Å². The number of carbonyl (C=O) groups excluding carboxylic acids is 1. The number of hydrogen-bond acceptors (Lipinski definition) is 3. The first-order valence-electron chi connectivity index (χ1n) is 5.11. The number of hydrogen-bond donors (Lipinski definition) is 0. The van der Waals surface area contributed by atoms with E-state index in [1.807, 2.05) is 6.07 Å². The molecule has 2 rings (SSSR count). The second-order valence-corrected chi connectivity index (χ2v) is 4.61. The first-order chi connectivity index (χ1) is 8.15. The van der Waals surface area contributed by atoms with Crippen LogP contribution in [0.4, 0.5) is 5.69 Å². The molecule has 5 heteroatoms. The van der Waals surface area contributed by atoms with Gasteiger partial charge in [-0.05, 0) is 22.0 Å². The molecule has 88 valence electrons. The molecule has 1 atom stereocenters. The molecular formula is C12H11BrN2O2. The summed E-state index contributed by atoms with van der Waals surface area (Å²) < 4.78 is 5.76. The molecule has 0 radical (unpaired) electrons. The minimum atomic E-state index is -0.0108. The number of methoxy groups -OCH3 is 1. The molecule has 4 nitrogen and oxygen atoms in total. The van der Waals surface area contributed by atoms with Crippen LogP contribution < -0.4 is 9.64 Å². The van der Waals surface area contributed by atoms with Gasteiger partial charge in [0.2, 0.25) is 11.8 Å². The highest BCUT2D eigenvalue weighted by molar-refractivity contribution is 9.10. The minimum Gasteiger partial charge on any atom is -0.480 e. The van der Waals surface area contributed by atoms with Crippen molar-refractivity contribution in [1.29, 1.82) is 0 Å². The Kier molecular flexibility index (Phi) is 3.34. The molecule has 2 heterocycles. The van der Waals surface area contributed by atoms with E-state index in [4.69, 9.17) is 11.2 Å². The van der Waals surface area contributed by atoms with Crippen LogP contribution in [0.1, 0.15) is 6.42 Å². The van der Waals surface area contributed by atoms with Crippen molar-refractivity contribution in [3.8, 4) is 18.2 Å². The van der Waals surface area contributed by atoms with Gasteiger partial charge in [0.25, 0.3) is 0 Å². The van der Waals surface area contributed by atoms with Crippen LogP contribution in [0, 0.1) is 18.3 Å². The number of aromatic nitrogens is 1. The maximum absolute atomic E-state index is 11.8. The van der Waals surface area contributed by atoms with Gasteiger partial charge in [0.15, 0.2) is 0 Å². The lowest BCUT2D eigenvalue weighted by Crippen LogP contribution is -2.24. The SMILES string of the molecule is C#CC1CC(=O)N(c2cnc(OC)c(Br)c2)C1. The predicted octanol–water partition coefficient (Wildman–Crippen LogP) is 1.84. The van der Waals surface area contributed by atoms with Crippen LogP contribution in [-0.4, -0.2) is 24.5 Å². The maximum atomic E-state index is 11.8. The summed E-state index contributed by atoms with van der Waals surface area (Å²) in [5.41, 5.74) is 0.737. The molecule has 1 unspecified atom stereocenters. The van der Waals surface area contributed by atoms with Crippen molar-refractivity contribution >= 4 is 27.5 Å². The van der Waals surface area contributed by atoms with Gasteiger partial charge in [0.05, 0.1) is 23.5 Å². The van der Waals surface area contributed by atoms with E-state index in [-0.39, 0.29) is 11.8 Å². The Labute approximate surface area is 108 Å². The highest BCUT2D eigenvalue weighted by atomic mass is 79.9.